The molecule has 1 aromatic heterocycles. The van der Waals surface area contributed by atoms with Gasteiger partial charge in [-0.25, -0.2) is 0 Å². The van der Waals surface area contributed by atoms with E-state index in [9.17, 15) is 4.79 Å². The Hall–Kier alpha value is -1.05. The molecule has 0 saturated heterocycles. The van der Waals surface area contributed by atoms with E-state index in [0.29, 0.717) is 0 Å². The molecule has 1 heterocycles. The van der Waals surface area contributed by atoms with E-state index < -0.39 is 0 Å². The quantitative estimate of drug-likeness (QED) is 0.243. The number of aldehydes is 1. The van der Waals surface area contributed by atoms with Crippen LogP contribution in [0.25, 0.3) is 0 Å². The molecule has 0 bridgehead atoms. The summed E-state index contributed by atoms with van der Waals surface area (Å²) in [7, 11) is 0. The highest BCUT2D eigenvalue weighted by Crippen LogP contribution is 2.13. The predicted molar refractivity (Wildman–Crippen MR) is 100 cm³/mol. The fraction of sp³-hybridized carbons (Fsp3) is 0.762. The molecule has 0 unspecified atom stereocenters. The first-order valence-corrected chi connectivity index (χ1v) is 9.98. The molecule has 0 fully saturated rings. The minimum Gasteiger partial charge on any atom is -0.345 e. The molecule has 1 aromatic rings. The second kappa shape index (κ2) is 14.5. The summed E-state index contributed by atoms with van der Waals surface area (Å²) in [5.74, 6) is 0. The van der Waals surface area contributed by atoms with Crippen LogP contribution in [0, 0.1) is 0 Å². The Morgan fingerprint density at radius 1 is 0.783 bits per heavy atom. The lowest BCUT2D eigenvalue weighted by Gasteiger charge is -2.05. The third-order valence-electron chi connectivity index (χ3n) is 4.74. The number of aryl methyl sites for hydroxylation is 1. The first-order chi connectivity index (χ1) is 11.4. The number of rotatable bonds is 16. The van der Waals surface area contributed by atoms with Crippen LogP contribution in [0.5, 0.6) is 0 Å². The van der Waals surface area contributed by atoms with E-state index in [-0.39, 0.29) is 0 Å². The fourth-order valence-electron chi connectivity index (χ4n) is 3.21. The second-order valence-corrected chi connectivity index (χ2v) is 6.84. The van der Waals surface area contributed by atoms with Crippen molar-refractivity contribution >= 4 is 6.29 Å². The van der Waals surface area contributed by atoms with Gasteiger partial charge in [-0.2, -0.15) is 0 Å². The van der Waals surface area contributed by atoms with Crippen LogP contribution in [0.4, 0.5) is 0 Å². The van der Waals surface area contributed by atoms with Gasteiger partial charge in [-0.05, 0) is 18.6 Å². The van der Waals surface area contributed by atoms with Crippen molar-refractivity contribution in [2.45, 2.75) is 103 Å². The summed E-state index contributed by atoms with van der Waals surface area (Å²) in [4.78, 5) is 10.8. The summed E-state index contributed by atoms with van der Waals surface area (Å²) < 4.78 is 2.06. The lowest BCUT2D eigenvalue weighted by molar-refractivity contribution is 0.111. The van der Waals surface area contributed by atoms with Gasteiger partial charge in [0.2, 0.25) is 0 Å². The first kappa shape index (κ1) is 20.0. The van der Waals surface area contributed by atoms with Gasteiger partial charge in [0.05, 0.1) is 5.69 Å². The zero-order valence-electron chi connectivity index (χ0n) is 15.3. The summed E-state index contributed by atoms with van der Waals surface area (Å²) in [6, 6.07) is 3.84. The lowest BCUT2D eigenvalue weighted by Crippen LogP contribution is -2.00. The Labute approximate surface area is 143 Å². The molecule has 132 valence electrons. The van der Waals surface area contributed by atoms with Gasteiger partial charge in [0.25, 0.3) is 0 Å². The summed E-state index contributed by atoms with van der Waals surface area (Å²) in [5.41, 5.74) is 0.805. The molecule has 0 amide bonds. The summed E-state index contributed by atoms with van der Waals surface area (Å²) in [5, 5.41) is 0. The van der Waals surface area contributed by atoms with Crippen molar-refractivity contribution in [2.75, 3.05) is 0 Å². The summed E-state index contributed by atoms with van der Waals surface area (Å²) in [6.45, 7) is 3.27. The number of carbonyl (C=O) groups is 1. The number of carbonyl (C=O) groups excluding carboxylic acids is 1. The van der Waals surface area contributed by atoms with E-state index in [2.05, 4.69) is 11.5 Å². The average Bonchev–Trinajstić information content (AvgIpc) is 3.02. The van der Waals surface area contributed by atoms with Gasteiger partial charge in [-0.3, -0.25) is 4.79 Å². The maximum absolute atomic E-state index is 10.8. The molecule has 0 aliphatic carbocycles. The van der Waals surface area contributed by atoms with E-state index in [1.807, 2.05) is 18.3 Å². The molecule has 0 aromatic carbocycles. The van der Waals surface area contributed by atoms with E-state index in [1.165, 1.54) is 89.9 Å². The molecule has 0 aliphatic heterocycles. The fourth-order valence-corrected chi connectivity index (χ4v) is 3.21. The number of hydrogen-bond acceptors (Lipinski definition) is 1. The molecule has 0 spiro atoms. The van der Waals surface area contributed by atoms with Crippen molar-refractivity contribution in [3.8, 4) is 0 Å². The Kier molecular flexibility index (Phi) is 12.6. The molecular weight excluding hydrogens is 282 g/mol. The molecule has 0 saturated carbocycles. The Bertz CT molecular complexity index is 383. The van der Waals surface area contributed by atoms with E-state index >= 15 is 0 Å². The normalized spacial score (nSPS) is 11.0. The molecule has 23 heavy (non-hydrogen) atoms. The van der Waals surface area contributed by atoms with Crippen LogP contribution in [-0.4, -0.2) is 10.9 Å². The van der Waals surface area contributed by atoms with Crippen molar-refractivity contribution in [1.29, 1.82) is 0 Å². The van der Waals surface area contributed by atoms with Crippen molar-refractivity contribution in [2.24, 2.45) is 0 Å². The minimum absolute atomic E-state index is 0.805. The van der Waals surface area contributed by atoms with Gasteiger partial charge < -0.3 is 4.57 Å². The van der Waals surface area contributed by atoms with Crippen LogP contribution < -0.4 is 0 Å². The zero-order chi connectivity index (χ0) is 16.6. The molecule has 0 N–H and O–H groups in total. The third kappa shape index (κ3) is 10.4. The van der Waals surface area contributed by atoms with Crippen LogP contribution >= 0.6 is 0 Å². The number of aromatic nitrogens is 1. The van der Waals surface area contributed by atoms with Gasteiger partial charge in [0, 0.05) is 12.7 Å². The van der Waals surface area contributed by atoms with Crippen LogP contribution in [0.1, 0.15) is 107 Å². The highest BCUT2D eigenvalue weighted by molar-refractivity contribution is 5.72. The maximum atomic E-state index is 10.8. The van der Waals surface area contributed by atoms with Crippen LogP contribution in [0.2, 0.25) is 0 Å². The highest BCUT2D eigenvalue weighted by Gasteiger charge is 1.98. The molecule has 2 heteroatoms. The van der Waals surface area contributed by atoms with Gasteiger partial charge in [-0.15, -0.1) is 0 Å². The number of nitrogens with zero attached hydrogens (tertiary/aromatic N) is 1. The molecule has 0 atom stereocenters. The van der Waals surface area contributed by atoms with Gasteiger partial charge in [0.15, 0.2) is 6.29 Å². The van der Waals surface area contributed by atoms with Crippen LogP contribution in [0.3, 0.4) is 0 Å². The van der Waals surface area contributed by atoms with Gasteiger partial charge >= 0.3 is 0 Å². The number of unbranched alkanes of at least 4 members (excludes halogenated alkanes) is 13. The monoisotopic (exact) mass is 319 g/mol. The number of hydrogen-bond donors (Lipinski definition) is 0. The largest absolute Gasteiger partial charge is 0.345 e. The van der Waals surface area contributed by atoms with Crippen molar-refractivity contribution in [3.05, 3.63) is 24.0 Å². The SMILES string of the molecule is CCCCCCCCCCCCCCCCn1cccc1C=O. The predicted octanol–water partition coefficient (Wildman–Crippen LogP) is 6.78. The molecule has 0 radical (unpaired) electrons. The minimum atomic E-state index is 0.805. The van der Waals surface area contributed by atoms with E-state index in [4.69, 9.17) is 0 Å². The average molecular weight is 320 g/mol. The van der Waals surface area contributed by atoms with Crippen molar-refractivity contribution in [3.63, 3.8) is 0 Å². The second-order valence-electron chi connectivity index (χ2n) is 6.84. The van der Waals surface area contributed by atoms with Crippen LogP contribution in [-0.2, 0) is 6.54 Å². The van der Waals surface area contributed by atoms with Crippen molar-refractivity contribution in [1.82, 2.24) is 4.57 Å². The van der Waals surface area contributed by atoms with Gasteiger partial charge in [-0.1, -0.05) is 90.4 Å². The first-order valence-electron chi connectivity index (χ1n) is 9.98. The Morgan fingerprint density at radius 3 is 1.74 bits per heavy atom. The van der Waals surface area contributed by atoms with E-state index in [0.717, 1.165) is 18.5 Å². The Morgan fingerprint density at radius 2 is 1.26 bits per heavy atom. The topological polar surface area (TPSA) is 22.0 Å². The lowest BCUT2D eigenvalue weighted by atomic mass is 10.0. The molecule has 2 nitrogen and oxygen atoms in total. The highest BCUT2D eigenvalue weighted by atomic mass is 16.1. The molecule has 1 rings (SSSR count). The van der Waals surface area contributed by atoms with Crippen LogP contribution in [0.15, 0.2) is 18.3 Å². The smallest absolute Gasteiger partial charge is 0.166 e. The maximum Gasteiger partial charge on any atom is 0.166 e. The standard InChI is InChI=1S/C21H37NO/c1-2-3-4-5-6-7-8-9-10-11-12-13-14-15-18-22-19-16-17-21(22)20-23/h16-17,19-20H,2-15,18H2,1H3. The zero-order valence-corrected chi connectivity index (χ0v) is 15.3. The summed E-state index contributed by atoms with van der Waals surface area (Å²) in [6.07, 6.45) is 22.4. The van der Waals surface area contributed by atoms with Crippen molar-refractivity contribution < 1.29 is 4.79 Å². The Balaban J connectivity index is 1.79. The molecular formula is C21H37NO. The van der Waals surface area contributed by atoms with Gasteiger partial charge in [0.1, 0.15) is 0 Å². The van der Waals surface area contributed by atoms with E-state index in [1.54, 1.807) is 0 Å². The molecule has 0 aliphatic rings. The summed E-state index contributed by atoms with van der Waals surface area (Å²) >= 11 is 0. The third-order valence-corrected chi connectivity index (χ3v) is 4.74.